The van der Waals surface area contributed by atoms with E-state index in [9.17, 15) is 8.42 Å². The van der Waals surface area contributed by atoms with Crippen molar-refractivity contribution < 1.29 is 8.42 Å². The van der Waals surface area contributed by atoms with Gasteiger partial charge in [0.2, 0.25) is 10.0 Å². The van der Waals surface area contributed by atoms with Crippen molar-refractivity contribution in [2.24, 2.45) is 11.7 Å². The quantitative estimate of drug-likeness (QED) is 0.736. The molecule has 0 amide bonds. The minimum Gasteiger partial charge on any atom is -0.389 e. The van der Waals surface area contributed by atoms with Crippen LogP contribution < -0.4 is 10.5 Å². The maximum Gasteiger partial charge on any atom is 0.242 e. The third-order valence-electron chi connectivity index (χ3n) is 2.58. The van der Waals surface area contributed by atoms with E-state index < -0.39 is 10.0 Å². The Hall–Kier alpha value is -0.340. The van der Waals surface area contributed by atoms with Crippen molar-refractivity contribution in [2.75, 3.05) is 18.6 Å². The standard InChI is InChI=1S/C12H17ClN2O2S3/c1-8(7-19-2)6-15-20(16,17)11-5-9(12(14)18)3-4-10(11)13/h3-5,8,15H,6-7H2,1-2H3,(H2,14,18). The van der Waals surface area contributed by atoms with Gasteiger partial charge < -0.3 is 5.73 Å². The van der Waals surface area contributed by atoms with Gasteiger partial charge in [0.15, 0.2) is 0 Å². The van der Waals surface area contributed by atoms with Gasteiger partial charge in [-0.25, -0.2) is 13.1 Å². The van der Waals surface area contributed by atoms with Crippen molar-refractivity contribution in [1.82, 2.24) is 4.72 Å². The smallest absolute Gasteiger partial charge is 0.242 e. The van der Waals surface area contributed by atoms with E-state index in [-0.39, 0.29) is 20.8 Å². The van der Waals surface area contributed by atoms with Crippen molar-refractivity contribution in [3.05, 3.63) is 28.8 Å². The summed E-state index contributed by atoms with van der Waals surface area (Å²) in [5, 5.41) is 0.148. The Balaban J connectivity index is 2.97. The second-order valence-electron chi connectivity index (χ2n) is 4.42. The van der Waals surface area contributed by atoms with Gasteiger partial charge in [-0.1, -0.05) is 36.8 Å². The number of nitrogens with one attached hydrogen (secondary N) is 1. The van der Waals surface area contributed by atoms with E-state index in [0.717, 1.165) is 5.75 Å². The van der Waals surface area contributed by atoms with Gasteiger partial charge in [-0.05, 0) is 30.1 Å². The molecule has 0 aliphatic rings. The number of rotatable bonds is 7. The highest BCUT2D eigenvalue weighted by molar-refractivity contribution is 7.98. The summed E-state index contributed by atoms with van der Waals surface area (Å²) in [6.07, 6.45) is 1.98. The largest absolute Gasteiger partial charge is 0.389 e. The molecule has 0 heterocycles. The van der Waals surface area contributed by atoms with Gasteiger partial charge >= 0.3 is 0 Å². The minimum absolute atomic E-state index is 0.000758. The van der Waals surface area contributed by atoms with E-state index in [2.05, 4.69) is 4.72 Å². The summed E-state index contributed by atoms with van der Waals surface area (Å²) < 4.78 is 27.1. The van der Waals surface area contributed by atoms with Crippen molar-refractivity contribution in [2.45, 2.75) is 11.8 Å². The summed E-state index contributed by atoms with van der Waals surface area (Å²) in [4.78, 5) is 0.134. The van der Waals surface area contributed by atoms with Crippen LogP contribution >= 0.6 is 35.6 Å². The highest BCUT2D eigenvalue weighted by Crippen LogP contribution is 2.22. The lowest BCUT2D eigenvalue weighted by Crippen LogP contribution is -2.29. The summed E-state index contributed by atoms with van der Waals surface area (Å²) in [5.41, 5.74) is 5.98. The highest BCUT2D eigenvalue weighted by atomic mass is 35.5. The zero-order chi connectivity index (χ0) is 15.3. The molecular formula is C12H17ClN2O2S3. The molecule has 1 unspecified atom stereocenters. The Labute approximate surface area is 134 Å². The van der Waals surface area contributed by atoms with Crippen LogP contribution in [0.25, 0.3) is 0 Å². The second-order valence-corrected chi connectivity index (χ2v) is 7.91. The van der Waals surface area contributed by atoms with Crippen LogP contribution in [0.15, 0.2) is 23.1 Å². The molecule has 20 heavy (non-hydrogen) atoms. The van der Waals surface area contributed by atoms with Gasteiger partial charge in [-0.15, -0.1) is 0 Å². The monoisotopic (exact) mass is 352 g/mol. The van der Waals surface area contributed by atoms with Gasteiger partial charge in [0.1, 0.15) is 9.88 Å². The first-order chi connectivity index (χ1) is 9.27. The predicted octanol–water partition coefficient (Wildman–Crippen LogP) is 2.25. The third kappa shape index (κ3) is 4.89. The first kappa shape index (κ1) is 17.7. The summed E-state index contributed by atoms with van der Waals surface area (Å²) in [6.45, 7) is 2.34. The Morgan fingerprint density at radius 3 is 2.75 bits per heavy atom. The summed E-state index contributed by atoms with van der Waals surface area (Å²) >= 11 is 12.5. The Morgan fingerprint density at radius 1 is 1.55 bits per heavy atom. The molecule has 0 saturated heterocycles. The fourth-order valence-corrected chi connectivity index (χ4v) is 4.04. The van der Waals surface area contributed by atoms with E-state index in [0.29, 0.717) is 12.1 Å². The maximum absolute atomic E-state index is 12.3. The van der Waals surface area contributed by atoms with Crippen molar-refractivity contribution >= 4 is 50.6 Å². The van der Waals surface area contributed by atoms with Crippen LogP contribution in [0.3, 0.4) is 0 Å². The predicted molar refractivity (Wildman–Crippen MR) is 90.1 cm³/mol. The van der Waals surface area contributed by atoms with Gasteiger partial charge in [0.25, 0.3) is 0 Å². The molecule has 0 aliphatic heterocycles. The van der Waals surface area contributed by atoms with Crippen LogP contribution in [0, 0.1) is 5.92 Å². The van der Waals surface area contributed by atoms with Crippen LogP contribution in [0.1, 0.15) is 12.5 Å². The summed E-state index contributed by atoms with van der Waals surface area (Å²) in [6, 6.07) is 4.47. The number of hydrogen-bond acceptors (Lipinski definition) is 4. The van der Waals surface area contributed by atoms with Crippen LogP contribution in [0.5, 0.6) is 0 Å². The number of thioether (sulfide) groups is 1. The molecule has 1 atom stereocenters. The van der Waals surface area contributed by atoms with E-state index in [1.807, 2.05) is 13.2 Å². The number of benzene rings is 1. The Morgan fingerprint density at radius 2 is 2.20 bits per heavy atom. The molecule has 1 rings (SSSR count). The fourth-order valence-electron chi connectivity index (χ4n) is 1.54. The van der Waals surface area contributed by atoms with Crippen LogP contribution in [-0.4, -0.2) is 32.0 Å². The van der Waals surface area contributed by atoms with Crippen LogP contribution in [0.2, 0.25) is 5.02 Å². The van der Waals surface area contributed by atoms with Crippen molar-refractivity contribution in [1.29, 1.82) is 0 Å². The zero-order valence-corrected chi connectivity index (χ0v) is 14.4. The number of hydrogen-bond donors (Lipinski definition) is 2. The number of thiocarbonyl (C=S) groups is 1. The fraction of sp³-hybridized carbons (Fsp3) is 0.417. The molecule has 112 valence electrons. The second kappa shape index (κ2) is 7.61. The average molecular weight is 353 g/mol. The third-order valence-corrected chi connectivity index (χ3v) is 5.62. The number of sulfonamides is 1. The molecule has 8 heteroatoms. The first-order valence-corrected chi connectivity index (χ1v) is 9.52. The number of halogens is 1. The molecule has 0 bridgehead atoms. The molecule has 4 nitrogen and oxygen atoms in total. The van der Waals surface area contributed by atoms with Gasteiger partial charge in [0, 0.05) is 12.1 Å². The molecule has 0 aromatic heterocycles. The van der Waals surface area contributed by atoms with Crippen LogP contribution in [-0.2, 0) is 10.0 Å². The number of nitrogens with two attached hydrogens (primary N) is 1. The topological polar surface area (TPSA) is 72.2 Å². The van der Waals surface area contributed by atoms with E-state index >= 15 is 0 Å². The van der Waals surface area contributed by atoms with Gasteiger partial charge in [-0.2, -0.15) is 11.8 Å². The molecule has 0 radical (unpaired) electrons. The highest BCUT2D eigenvalue weighted by Gasteiger charge is 2.19. The van der Waals surface area contributed by atoms with E-state index in [1.54, 1.807) is 17.8 Å². The van der Waals surface area contributed by atoms with E-state index in [4.69, 9.17) is 29.6 Å². The van der Waals surface area contributed by atoms with Crippen LogP contribution in [0.4, 0.5) is 0 Å². The lowest BCUT2D eigenvalue weighted by Gasteiger charge is -2.13. The molecule has 3 N–H and O–H groups in total. The Kier molecular flexibility index (Phi) is 6.74. The lowest BCUT2D eigenvalue weighted by atomic mass is 10.2. The SMILES string of the molecule is CSCC(C)CNS(=O)(=O)c1cc(C(N)=S)ccc1Cl. The normalized spacial score (nSPS) is 13.2. The summed E-state index contributed by atoms with van der Waals surface area (Å²) in [7, 11) is -3.67. The molecule has 0 spiro atoms. The molecule has 0 fully saturated rings. The molecule has 0 saturated carbocycles. The first-order valence-electron chi connectivity index (χ1n) is 5.86. The maximum atomic E-state index is 12.3. The van der Waals surface area contributed by atoms with E-state index in [1.165, 1.54) is 12.1 Å². The Bertz CT molecular complexity index is 590. The van der Waals surface area contributed by atoms with Crippen molar-refractivity contribution in [3.8, 4) is 0 Å². The molecular weight excluding hydrogens is 336 g/mol. The lowest BCUT2D eigenvalue weighted by molar-refractivity contribution is 0.562. The zero-order valence-electron chi connectivity index (χ0n) is 11.2. The minimum atomic E-state index is -3.67. The molecule has 1 aromatic rings. The molecule has 0 aliphatic carbocycles. The summed E-state index contributed by atoms with van der Waals surface area (Å²) in [5.74, 6) is 1.11. The van der Waals surface area contributed by atoms with Gasteiger partial charge in [-0.3, -0.25) is 0 Å². The van der Waals surface area contributed by atoms with Gasteiger partial charge in [0.05, 0.1) is 5.02 Å². The average Bonchev–Trinajstić information content (AvgIpc) is 2.37. The molecule has 1 aromatic carbocycles. The van der Waals surface area contributed by atoms with Crippen molar-refractivity contribution in [3.63, 3.8) is 0 Å².